The van der Waals surface area contributed by atoms with Gasteiger partial charge in [-0.25, -0.2) is 0 Å². The first-order valence-corrected chi connectivity index (χ1v) is 3.62. The minimum atomic E-state index is -0.909. The molecule has 1 heterocycles. The van der Waals surface area contributed by atoms with Crippen molar-refractivity contribution in [3.8, 4) is 0 Å². The molecule has 4 heteroatoms. The summed E-state index contributed by atoms with van der Waals surface area (Å²) in [6, 6.07) is 0.330. The number of amides is 1. The summed E-state index contributed by atoms with van der Waals surface area (Å²) in [5, 5.41) is 8.26. The van der Waals surface area contributed by atoms with Crippen molar-refractivity contribution in [2.45, 2.75) is 25.8 Å². The Kier molecular flexibility index (Phi) is 2.12. The van der Waals surface area contributed by atoms with Crippen LogP contribution in [0.5, 0.6) is 0 Å². The molecule has 1 aliphatic rings. The van der Waals surface area contributed by atoms with Crippen LogP contribution < -0.4 is 0 Å². The molecule has 0 aromatic heterocycles. The van der Waals surface area contributed by atoms with Gasteiger partial charge in [-0.3, -0.25) is 9.59 Å². The van der Waals surface area contributed by atoms with E-state index in [0.717, 1.165) is 6.54 Å². The van der Waals surface area contributed by atoms with Crippen molar-refractivity contribution < 1.29 is 14.7 Å². The third kappa shape index (κ3) is 2.22. The van der Waals surface area contributed by atoms with Crippen molar-refractivity contribution in [2.75, 3.05) is 6.54 Å². The van der Waals surface area contributed by atoms with Crippen LogP contribution in [-0.2, 0) is 9.59 Å². The third-order valence-corrected chi connectivity index (χ3v) is 1.73. The van der Waals surface area contributed by atoms with E-state index in [1.165, 1.54) is 0 Å². The Morgan fingerprint density at radius 3 is 2.45 bits per heavy atom. The van der Waals surface area contributed by atoms with Gasteiger partial charge in [-0.1, -0.05) is 0 Å². The molecule has 1 saturated heterocycles. The zero-order valence-corrected chi connectivity index (χ0v) is 6.41. The smallest absolute Gasteiger partial charge is 0.303 e. The first-order valence-electron chi connectivity index (χ1n) is 3.62. The van der Waals surface area contributed by atoms with Crippen LogP contribution in [0.2, 0.25) is 0 Å². The minimum absolute atomic E-state index is 0.0418. The maximum Gasteiger partial charge on any atom is 0.303 e. The number of hydrogen-bond donors (Lipinski definition) is 1. The topological polar surface area (TPSA) is 57.4 Å². The SMILES string of the molecule is CC1CN1C(=O)CCC(=O)O. The second kappa shape index (κ2) is 2.90. The fourth-order valence-electron chi connectivity index (χ4n) is 0.943. The van der Waals surface area contributed by atoms with E-state index < -0.39 is 5.97 Å². The Labute approximate surface area is 64.8 Å². The highest BCUT2D eigenvalue weighted by Gasteiger charge is 2.33. The van der Waals surface area contributed by atoms with Gasteiger partial charge >= 0.3 is 5.97 Å². The first kappa shape index (κ1) is 8.04. The summed E-state index contributed by atoms with van der Waals surface area (Å²) in [5.41, 5.74) is 0. The lowest BCUT2D eigenvalue weighted by Crippen LogP contribution is -2.13. The van der Waals surface area contributed by atoms with Gasteiger partial charge in [-0.05, 0) is 6.92 Å². The Morgan fingerprint density at radius 2 is 2.09 bits per heavy atom. The van der Waals surface area contributed by atoms with Gasteiger partial charge in [0.2, 0.25) is 5.91 Å². The van der Waals surface area contributed by atoms with Gasteiger partial charge in [-0.2, -0.15) is 0 Å². The third-order valence-electron chi connectivity index (χ3n) is 1.73. The summed E-state index contributed by atoms with van der Waals surface area (Å²) in [6.45, 7) is 2.73. The summed E-state index contributed by atoms with van der Waals surface area (Å²) in [7, 11) is 0. The molecule has 0 aromatic carbocycles. The molecule has 4 nitrogen and oxygen atoms in total. The minimum Gasteiger partial charge on any atom is -0.481 e. The first-order chi connectivity index (χ1) is 5.11. The summed E-state index contributed by atoms with van der Waals surface area (Å²) < 4.78 is 0. The van der Waals surface area contributed by atoms with E-state index in [1.807, 2.05) is 6.92 Å². The van der Waals surface area contributed by atoms with E-state index in [9.17, 15) is 9.59 Å². The van der Waals surface area contributed by atoms with Crippen molar-refractivity contribution in [1.29, 1.82) is 0 Å². The highest BCUT2D eigenvalue weighted by atomic mass is 16.4. The average Bonchev–Trinajstić information content (AvgIpc) is 2.61. The summed E-state index contributed by atoms with van der Waals surface area (Å²) >= 11 is 0. The van der Waals surface area contributed by atoms with Gasteiger partial charge in [0.15, 0.2) is 0 Å². The van der Waals surface area contributed by atoms with Gasteiger partial charge in [-0.15, -0.1) is 0 Å². The lowest BCUT2D eigenvalue weighted by atomic mass is 10.3. The van der Waals surface area contributed by atoms with Crippen molar-refractivity contribution in [3.05, 3.63) is 0 Å². The van der Waals surface area contributed by atoms with Crippen molar-refractivity contribution >= 4 is 11.9 Å². The molecule has 1 unspecified atom stereocenters. The fraction of sp³-hybridized carbons (Fsp3) is 0.714. The molecule has 0 saturated carbocycles. The summed E-state index contributed by atoms with van der Waals surface area (Å²) in [6.07, 6.45) is 0.0850. The highest BCUT2D eigenvalue weighted by Crippen LogP contribution is 2.17. The number of carboxylic acids is 1. The van der Waals surface area contributed by atoms with E-state index >= 15 is 0 Å². The predicted octanol–water partition coefficient (Wildman–Crippen LogP) is 0.0819. The average molecular weight is 157 g/mol. The Hall–Kier alpha value is -1.06. The molecule has 0 aliphatic carbocycles. The normalized spacial score (nSPS) is 21.5. The molecule has 62 valence electrons. The maximum absolute atomic E-state index is 11.0. The van der Waals surface area contributed by atoms with Crippen LogP contribution >= 0.6 is 0 Å². The van der Waals surface area contributed by atoms with Crippen LogP contribution in [0.4, 0.5) is 0 Å². The van der Waals surface area contributed by atoms with Gasteiger partial charge in [0.05, 0.1) is 6.42 Å². The van der Waals surface area contributed by atoms with Crippen molar-refractivity contribution in [1.82, 2.24) is 4.90 Å². The van der Waals surface area contributed by atoms with E-state index in [-0.39, 0.29) is 18.7 Å². The lowest BCUT2D eigenvalue weighted by Gasteiger charge is -1.98. The fourth-order valence-corrected chi connectivity index (χ4v) is 0.943. The van der Waals surface area contributed by atoms with Crippen LogP contribution in [0.1, 0.15) is 19.8 Å². The molecule has 1 atom stereocenters. The molecule has 11 heavy (non-hydrogen) atoms. The van der Waals surface area contributed by atoms with E-state index in [4.69, 9.17) is 5.11 Å². The molecular formula is C7H11NO3. The van der Waals surface area contributed by atoms with Crippen molar-refractivity contribution in [2.24, 2.45) is 0 Å². The standard InChI is InChI=1S/C7H11NO3/c1-5-4-8(5)6(9)2-3-7(10)11/h5H,2-4H2,1H3,(H,10,11). The molecule has 1 amide bonds. The van der Waals surface area contributed by atoms with Gasteiger partial charge in [0.1, 0.15) is 0 Å². The Balaban J connectivity index is 2.17. The van der Waals surface area contributed by atoms with Gasteiger partial charge in [0.25, 0.3) is 0 Å². The lowest BCUT2D eigenvalue weighted by molar-refractivity contribution is -0.139. The largest absolute Gasteiger partial charge is 0.481 e. The number of nitrogens with zero attached hydrogens (tertiary/aromatic N) is 1. The monoisotopic (exact) mass is 157 g/mol. The molecular weight excluding hydrogens is 146 g/mol. The molecule has 0 radical (unpaired) electrons. The van der Waals surface area contributed by atoms with Crippen LogP contribution in [-0.4, -0.2) is 34.5 Å². The predicted molar refractivity (Wildman–Crippen MR) is 38.0 cm³/mol. The maximum atomic E-state index is 11.0. The van der Waals surface area contributed by atoms with Gasteiger partial charge < -0.3 is 10.0 Å². The van der Waals surface area contributed by atoms with Gasteiger partial charge in [0, 0.05) is 19.0 Å². The highest BCUT2D eigenvalue weighted by molar-refractivity contribution is 5.82. The quantitative estimate of drug-likeness (QED) is 0.590. The van der Waals surface area contributed by atoms with Crippen LogP contribution in [0.25, 0.3) is 0 Å². The number of rotatable bonds is 3. The van der Waals surface area contributed by atoms with E-state index in [0.29, 0.717) is 6.04 Å². The zero-order valence-electron chi connectivity index (χ0n) is 6.41. The number of carbonyl (C=O) groups excluding carboxylic acids is 1. The molecule has 1 aliphatic heterocycles. The molecule has 1 rings (SSSR count). The van der Waals surface area contributed by atoms with E-state index in [2.05, 4.69) is 0 Å². The van der Waals surface area contributed by atoms with Crippen LogP contribution in [0.15, 0.2) is 0 Å². The second-order valence-corrected chi connectivity index (χ2v) is 2.79. The second-order valence-electron chi connectivity index (χ2n) is 2.79. The van der Waals surface area contributed by atoms with Crippen molar-refractivity contribution in [3.63, 3.8) is 0 Å². The number of hydrogen-bond acceptors (Lipinski definition) is 2. The Morgan fingerprint density at radius 1 is 1.55 bits per heavy atom. The summed E-state index contributed by atoms with van der Waals surface area (Å²) in [5.74, 6) is -0.951. The molecule has 1 N–H and O–H groups in total. The zero-order chi connectivity index (χ0) is 8.43. The number of aliphatic carboxylic acids is 1. The van der Waals surface area contributed by atoms with E-state index in [1.54, 1.807) is 4.90 Å². The van der Waals surface area contributed by atoms with Crippen LogP contribution in [0.3, 0.4) is 0 Å². The molecule has 0 spiro atoms. The molecule has 1 fully saturated rings. The molecule has 0 bridgehead atoms. The molecule has 0 aromatic rings. The van der Waals surface area contributed by atoms with Crippen LogP contribution in [0, 0.1) is 0 Å². The number of carboxylic acid groups (broad SMARTS) is 1. The number of carbonyl (C=O) groups is 2. The summed E-state index contributed by atoms with van der Waals surface area (Å²) in [4.78, 5) is 22.7. The Bertz CT molecular complexity index is 190.